The van der Waals surface area contributed by atoms with Gasteiger partial charge in [-0.25, -0.2) is 4.39 Å². The minimum absolute atomic E-state index is 0.104. The third-order valence-corrected chi connectivity index (χ3v) is 2.16. The van der Waals surface area contributed by atoms with Crippen molar-refractivity contribution in [2.45, 2.75) is 12.8 Å². The molecule has 0 amide bonds. The maximum absolute atomic E-state index is 13.3. The molecule has 1 aliphatic heterocycles. The number of rotatable bonds is 3. The van der Waals surface area contributed by atoms with Crippen LogP contribution in [-0.2, 0) is 6.42 Å². The van der Waals surface area contributed by atoms with E-state index >= 15 is 0 Å². The number of halogens is 1. The van der Waals surface area contributed by atoms with Crippen molar-refractivity contribution >= 4 is 0 Å². The Morgan fingerprint density at radius 1 is 1.36 bits per heavy atom. The summed E-state index contributed by atoms with van der Waals surface area (Å²) in [7, 11) is 0. The molecule has 0 atom stereocenters. The Balaban J connectivity index is 2.23. The molecule has 1 heterocycles. The zero-order valence-electron chi connectivity index (χ0n) is 7.75. The number of hydrogen-bond donors (Lipinski definition) is 1. The van der Waals surface area contributed by atoms with Gasteiger partial charge in [-0.05, 0) is 37.1 Å². The summed E-state index contributed by atoms with van der Waals surface area (Å²) in [6.45, 7) is 0.711. The van der Waals surface area contributed by atoms with Crippen LogP contribution in [-0.4, -0.2) is 13.3 Å². The first kappa shape index (κ1) is 9.27. The molecule has 14 heavy (non-hydrogen) atoms. The predicted molar refractivity (Wildman–Crippen MR) is 49.9 cm³/mol. The van der Waals surface area contributed by atoms with E-state index in [0.717, 1.165) is 18.4 Å². The van der Waals surface area contributed by atoms with Crippen LogP contribution in [0.2, 0.25) is 0 Å². The van der Waals surface area contributed by atoms with Gasteiger partial charge < -0.3 is 15.2 Å². The lowest BCUT2D eigenvalue weighted by molar-refractivity contribution is 0.171. The molecule has 1 aliphatic rings. The van der Waals surface area contributed by atoms with E-state index < -0.39 is 0 Å². The standard InChI is InChI=1S/C10H12FNO2/c11-8-4-7(2-1-3-12)5-9-10(8)14-6-13-9/h4-5H,1-3,6,12H2. The van der Waals surface area contributed by atoms with Crippen molar-refractivity contribution in [2.75, 3.05) is 13.3 Å². The van der Waals surface area contributed by atoms with E-state index in [4.69, 9.17) is 15.2 Å². The second-order valence-electron chi connectivity index (χ2n) is 3.20. The van der Waals surface area contributed by atoms with Crippen molar-refractivity contribution in [3.8, 4) is 11.5 Å². The first-order valence-electron chi connectivity index (χ1n) is 4.59. The zero-order chi connectivity index (χ0) is 9.97. The van der Waals surface area contributed by atoms with Gasteiger partial charge >= 0.3 is 0 Å². The molecular weight excluding hydrogens is 185 g/mol. The van der Waals surface area contributed by atoms with E-state index in [0.29, 0.717) is 12.3 Å². The first-order chi connectivity index (χ1) is 6.81. The molecule has 0 saturated heterocycles. The lowest BCUT2D eigenvalue weighted by atomic mass is 10.1. The molecule has 0 unspecified atom stereocenters. The molecule has 3 nitrogen and oxygen atoms in total. The molecule has 2 N–H and O–H groups in total. The molecule has 1 aromatic rings. The van der Waals surface area contributed by atoms with E-state index in [-0.39, 0.29) is 18.4 Å². The molecular formula is C10H12FNO2. The molecule has 0 spiro atoms. The zero-order valence-corrected chi connectivity index (χ0v) is 7.75. The van der Waals surface area contributed by atoms with Gasteiger partial charge in [0.2, 0.25) is 12.5 Å². The molecule has 0 saturated carbocycles. The summed E-state index contributed by atoms with van der Waals surface area (Å²) in [6.07, 6.45) is 1.61. The van der Waals surface area contributed by atoms with Crippen LogP contribution in [0, 0.1) is 5.82 Å². The molecule has 0 aliphatic carbocycles. The van der Waals surface area contributed by atoms with E-state index in [1.807, 2.05) is 0 Å². The van der Waals surface area contributed by atoms with Gasteiger partial charge in [0, 0.05) is 0 Å². The van der Waals surface area contributed by atoms with Crippen molar-refractivity contribution in [3.63, 3.8) is 0 Å². The van der Waals surface area contributed by atoms with Gasteiger partial charge in [0.25, 0.3) is 0 Å². The van der Waals surface area contributed by atoms with Crippen LogP contribution < -0.4 is 15.2 Å². The second kappa shape index (κ2) is 3.84. The van der Waals surface area contributed by atoms with Crippen LogP contribution in [0.5, 0.6) is 11.5 Å². The normalized spacial score (nSPS) is 13.3. The Kier molecular flexibility index (Phi) is 2.54. The van der Waals surface area contributed by atoms with Crippen molar-refractivity contribution in [2.24, 2.45) is 5.73 Å². The Labute approximate surface area is 81.6 Å². The summed E-state index contributed by atoms with van der Waals surface area (Å²) in [5.41, 5.74) is 6.28. The highest BCUT2D eigenvalue weighted by Gasteiger charge is 2.18. The molecule has 1 aromatic carbocycles. The van der Waals surface area contributed by atoms with Crippen molar-refractivity contribution in [3.05, 3.63) is 23.5 Å². The molecule has 0 bridgehead atoms. The number of hydrogen-bond acceptors (Lipinski definition) is 3. The van der Waals surface area contributed by atoms with Gasteiger partial charge in [0.15, 0.2) is 11.6 Å². The SMILES string of the molecule is NCCCc1cc(F)c2c(c1)OCO2. The molecule has 0 radical (unpaired) electrons. The maximum Gasteiger partial charge on any atom is 0.231 e. The van der Waals surface area contributed by atoms with Crippen molar-refractivity contribution in [1.82, 2.24) is 0 Å². The molecule has 0 aromatic heterocycles. The van der Waals surface area contributed by atoms with E-state index in [1.54, 1.807) is 6.07 Å². The third kappa shape index (κ3) is 1.65. The van der Waals surface area contributed by atoms with E-state index in [2.05, 4.69) is 0 Å². The number of benzene rings is 1. The van der Waals surface area contributed by atoms with Gasteiger partial charge in [-0.1, -0.05) is 0 Å². The molecule has 76 valence electrons. The predicted octanol–water partition coefficient (Wildman–Crippen LogP) is 1.45. The minimum Gasteiger partial charge on any atom is -0.453 e. The van der Waals surface area contributed by atoms with Crippen LogP contribution in [0.4, 0.5) is 4.39 Å². The van der Waals surface area contributed by atoms with Crippen LogP contribution in [0.25, 0.3) is 0 Å². The minimum atomic E-state index is -0.355. The Hall–Kier alpha value is -1.29. The number of fused-ring (bicyclic) bond motifs is 1. The molecule has 0 fully saturated rings. The van der Waals surface area contributed by atoms with Crippen molar-refractivity contribution in [1.29, 1.82) is 0 Å². The summed E-state index contributed by atoms with van der Waals surface area (Å²) in [6, 6.07) is 3.28. The molecule has 4 heteroatoms. The number of nitrogens with two attached hydrogens (primary N) is 1. The largest absolute Gasteiger partial charge is 0.453 e. The highest BCUT2D eigenvalue weighted by Crippen LogP contribution is 2.35. The highest BCUT2D eigenvalue weighted by atomic mass is 19.1. The van der Waals surface area contributed by atoms with Gasteiger partial charge in [0.1, 0.15) is 0 Å². The lowest BCUT2D eigenvalue weighted by Gasteiger charge is -2.03. The monoisotopic (exact) mass is 197 g/mol. The number of aryl methyl sites for hydroxylation is 1. The van der Waals surface area contributed by atoms with Crippen LogP contribution in [0.15, 0.2) is 12.1 Å². The van der Waals surface area contributed by atoms with E-state index in [1.165, 1.54) is 6.07 Å². The topological polar surface area (TPSA) is 44.5 Å². The fourth-order valence-corrected chi connectivity index (χ4v) is 1.47. The molecule has 2 rings (SSSR count). The van der Waals surface area contributed by atoms with Gasteiger partial charge in [-0.15, -0.1) is 0 Å². The summed E-state index contributed by atoms with van der Waals surface area (Å²) in [5, 5.41) is 0. The van der Waals surface area contributed by atoms with Crippen molar-refractivity contribution < 1.29 is 13.9 Å². The Bertz CT molecular complexity index is 341. The maximum atomic E-state index is 13.3. The van der Waals surface area contributed by atoms with Gasteiger partial charge in [-0.3, -0.25) is 0 Å². The van der Waals surface area contributed by atoms with Gasteiger partial charge in [-0.2, -0.15) is 0 Å². The first-order valence-corrected chi connectivity index (χ1v) is 4.59. The summed E-state index contributed by atoms with van der Waals surface area (Å²) in [4.78, 5) is 0. The fraction of sp³-hybridized carbons (Fsp3) is 0.400. The van der Waals surface area contributed by atoms with Gasteiger partial charge in [0.05, 0.1) is 0 Å². The summed E-state index contributed by atoms with van der Waals surface area (Å²) >= 11 is 0. The Morgan fingerprint density at radius 2 is 2.21 bits per heavy atom. The second-order valence-corrected chi connectivity index (χ2v) is 3.20. The van der Waals surface area contributed by atoms with E-state index in [9.17, 15) is 4.39 Å². The average Bonchev–Trinajstić information content (AvgIpc) is 2.63. The third-order valence-electron chi connectivity index (χ3n) is 2.16. The Morgan fingerprint density at radius 3 is 3.00 bits per heavy atom. The highest BCUT2D eigenvalue weighted by molar-refractivity contribution is 5.45. The quantitative estimate of drug-likeness (QED) is 0.797. The fourth-order valence-electron chi connectivity index (χ4n) is 1.47. The number of ether oxygens (including phenoxy) is 2. The van der Waals surface area contributed by atoms with Crippen LogP contribution >= 0.6 is 0 Å². The lowest BCUT2D eigenvalue weighted by Crippen LogP contribution is -2.00. The van der Waals surface area contributed by atoms with Crippen LogP contribution in [0.1, 0.15) is 12.0 Å². The summed E-state index contributed by atoms with van der Waals surface area (Å²) in [5.74, 6) is 0.366. The smallest absolute Gasteiger partial charge is 0.231 e. The summed E-state index contributed by atoms with van der Waals surface area (Å²) < 4.78 is 23.4. The van der Waals surface area contributed by atoms with Crippen LogP contribution in [0.3, 0.4) is 0 Å². The average molecular weight is 197 g/mol.